The van der Waals surface area contributed by atoms with Crippen molar-refractivity contribution in [3.8, 4) is 0 Å². The zero-order valence-electron chi connectivity index (χ0n) is 49.2. The lowest BCUT2D eigenvalue weighted by atomic mass is 9.94. The quantitative estimate of drug-likeness (QED) is 0.0399. The molecule has 22 aliphatic heterocycles. The fourth-order valence-corrected chi connectivity index (χ4v) is 15.4. The van der Waals surface area contributed by atoms with Gasteiger partial charge in [-0.25, -0.2) is 37.6 Å². The monoisotopic (exact) mass is 1690 g/mol. The number of ether oxygens (including phenoxy) is 12. The van der Waals surface area contributed by atoms with Gasteiger partial charge in [0.05, 0.1) is 39.6 Å². The van der Waals surface area contributed by atoms with E-state index in [9.17, 15) is 163 Å². The second kappa shape index (κ2) is 33.3. The van der Waals surface area contributed by atoms with Crippen LogP contribution in [0.4, 0.5) is 0 Å². The van der Waals surface area contributed by atoms with Crippen molar-refractivity contribution in [3.05, 3.63) is 0 Å². The minimum Gasteiger partial charge on any atom is -0.394 e. The normalized spacial score (nSPS) is 41.5. The van der Waals surface area contributed by atoms with Gasteiger partial charge in [-0.3, -0.25) is 41.0 Å². The molecule has 0 saturated carbocycles. The van der Waals surface area contributed by atoms with E-state index in [4.69, 9.17) is 56.8 Å². The van der Waals surface area contributed by atoms with E-state index in [0.29, 0.717) is 0 Å². The number of hydrogen-bond donors (Lipinski definition) is 18. The summed E-state index contributed by atoms with van der Waals surface area (Å²) in [6, 6.07) is 0. The largest absolute Gasteiger partial charge is 0.397 e. The molecule has 12 bridgehead atoms. The maximum atomic E-state index is 12.7. The van der Waals surface area contributed by atoms with Crippen molar-refractivity contribution in [1.82, 2.24) is 0 Å². The van der Waals surface area contributed by atoms with E-state index in [1.807, 2.05) is 0 Å². The van der Waals surface area contributed by atoms with Crippen molar-refractivity contribution in [2.75, 3.05) is 39.6 Å². The summed E-state index contributed by atoms with van der Waals surface area (Å²) in [6.07, 6.45) is -92.5. The first-order chi connectivity index (χ1) is 46.6. The van der Waals surface area contributed by atoms with Gasteiger partial charge in [0, 0.05) is 0 Å². The molecule has 102 heavy (non-hydrogen) atoms. The topological polar surface area (TPSA) is 865 Å². The third kappa shape index (κ3) is 23.3. The van der Waals surface area contributed by atoms with Gasteiger partial charge < -0.3 is 103 Å². The summed E-state index contributed by atoms with van der Waals surface area (Å²) in [5.74, 6) is 0. The van der Waals surface area contributed by atoms with Crippen molar-refractivity contribution in [2.45, 2.75) is 184 Å². The summed E-state index contributed by atoms with van der Waals surface area (Å²) >= 11 is 0. The maximum absolute atomic E-state index is 12.7. The first-order valence-corrected chi connectivity index (χ1v) is 39.3. The van der Waals surface area contributed by atoms with Gasteiger partial charge in [-0.15, -0.1) is 0 Å². The molecule has 57 nitrogen and oxygen atoms in total. The van der Waals surface area contributed by atoms with Crippen LogP contribution in [0.2, 0.25) is 0 Å². The first-order valence-electron chi connectivity index (χ1n) is 27.0. The average molecular weight is 1690 g/mol. The molecule has 600 valence electrons. The summed E-state index contributed by atoms with van der Waals surface area (Å²) in [5, 5.41) is 100. The Hall–Kier alpha value is -2.01. The van der Waals surface area contributed by atoms with Gasteiger partial charge in [-0.05, 0) is 0 Å². The summed E-state index contributed by atoms with van der Waals surface area (Å²) in [5.41, 5.74) is 0. The van der Waals surface area contributed by atoms with Crippen molar-refractivity contribution in [2.24, 2.45) is 0 Å². The Kier molecular flexibility index (Phi) is 28.5. The minimum atomic E-state index is -6.42. The van der Waals surface area contributed by atoms with Crippen LogP contribution in [0.3, 0.4) is 0 Å². The molecule has 0 aromatic heterocycles. The van der Waals surface area contributed by atoms with Crippen molar-refractivity contribution < 1.29 is 257 Å². The van der Waals surface area contributed by atoms with E-state index in [-0.39, 0.29) is 0 Å². The molecule has 22 heterocycles. The van der Waals surface area contributed by atoms with Gasteiger partial charge >= 0.3 is 93.6 Å². The van der Waals surface area contributed by atoms with Gasteiger partial charge in [-0.1, -0.05) is 0 Å². The highest BCUT2D eigenvalue weighted by atomic mass is 32.3. The Balaban J connectivity index is 1.51. The number of rotatable bonds is 24. The lowest BCUT2D eigenvalue weighted by molar-refractivity contribution is -0.397. The fraction of sp³-hybridized carbons (Fsp3) is 1.00. The van der Waals surface area contributed by atoms with Crippen LogP contribution in [0, 0.1) is 0 Å². The molecule has 30 unspecified atom stereocenters. The fourth-order valence-electron chi connectivity index (χ4n) is 11.0. The highest BCUT2D eigenvalue weighted by Gasteiger charge is 2.64. The third-order valence-electron chi connectivity index (χ3n) is 14.5. The van der Waals surface area contributed by atoms with Crippen LogP contribution in [0.5, 0.6) is 0 Å². The summed E-state index contributed by atoms with van der Waals surface area (Å²) in [4.78, 5) is 0. The van der Waals surface area contributed by atoms with Crippen molar-refractivity contribution in [3.63, 3.8) is 0 Å². The smallest absolute Gasteiger partial charge is 0.394 e. The second-order valence-corrected chi connectivity index (χ2v) is 30.8. The van der Waals surface area contributed by atoms with Gasteiger partial charge in [0.15, 0.2) is 68.3 Å². The lowest BCUT2D eigenvalue weighted by Gasteiger charge is -2.51. The Morgan fingerprint density at radius 2 is 0.353 bits per heavy atom. The van der Waals surface area contributed by atoms with Crippen LogP contribution in [0.15, 0.2) is 0 Å². The highest BCUT2D eigenvalue weighted by Crippen LogP contribution is 2.43. The standard InChI is InChI=1S/C36H60O57S9/c37-1-7-16-13(43)24(87-96(52,53)54)33(75-7)83-20-11(5-41)78-36(30(93-102(70,71)72)26(20)89-98(58,59)60)84-21-12(6-42)77-35(29(92-101(67,68)69)27(21)90-99(61,62)63)82-18-9(3-39)73-31(15(45)22(18)85-94(46,47)48)81-19-10(4-40)76-34(28(91-100(64,65)66)25(19)88-97(55,56)57)80-17-8(2-38)74-32(79-16)23(14(17)44)86-95(49,50)51/h7-45H,1-6H2,(H,46,47,48)(H,49,50,51)(H,52,53,54)(H,55,56,57)(H,58,59,60)(H,61,62,63)(H,64,65,66)(H,67,68,69)(H,70,71,72). The summed E-state index contributed by atoms with van der Waals surface area (Å²) < 4.78 is 425. The number of aliphatic hydroxyl groups is 9. The number of aliphatic hydroxyl groups excluding tert-OH is 9. The lowest BCUT2D eigenvalue weighted by Crippen LogP contribution is -2.70. The van der Waals surface area contributed by atoms with Crippen LogP contribution in [-0.2, 0) is 188 Å². The van der Waals surface area contributed by atoms with E-state index in [0.717, 1.165) is 0 Å². The Labute approximate surface area is 572 Å². The van der Waals surface area contributed by atoms with E-state index in [2.05, 4.69) is 37.6 Å². The summed E-state index contributed by atoms with van der Waals surface area (Å²) in [6.45, 7) is -10.8. The van der Waals surface area contributed by atoms with Crippen molar-refractivity contribution in [1.29, 1.82) is 0 Å². The molecule has 22 saturated heterocycles. The molecular formula is C36H60O57S9. The SMILES string of the molecule is O=S(=O)(O)OC1C2OC(CO)C(OC3OC(CO)C(OC4OC(CO)C(OC5OC(CO)C(OC6OC(CO)C(OC7OC(CO)C(O2)C(OS(=O)(=O)O)C7OS(=O)(=O)O)C(OS(=O)(=O)O)C6OS(=O)(=O)O)C(OS(=O)(=O)O)C5O)C(OS(=O)(=O)O)C4OS(=O)(=O)O)C(O)C3OS(=O)(=O)O)C1O. The minimum absolute atomic E-state index is 1.70. The maximum Gasteiger partial charge on any atom is 0.397 e. The Bertz CT molecular complexity index is 3920. The van der Waals surface area contributed by atoms with Gasteiger partial charge in [0.2, 0.25) is 0 Å². The molecule has 18 N–H and O–H groups in total. The molecule has 0 aliphatic carbocycles. The Morgan fingerprint density at radius 3 is 0.578 bits per heavy atom. The highest BCUT2D eigenvalue weighted by molar-refractivity contribution is 7.82. The summed E-state index contributed by atoms with van der Waals surface area (Å²) in [7, 11) is -56.8. The zero-order chi connectivity index (χ0) is 76.9. The molecule has 66 heteroatoms. The molecule has 0 radical (unpaired) electrons. The van der Waals surface area contributed by atoms with E-state index >= 15 is 0 Å². The van der Waals surface area contributed by atoms with E-state index < -0.39 is 317 Å². The van der Waals surface area contributed by atoms with E-state index in [1.165, 1.54) is 0 Å². The molecule has 0 amide bonds. The average Bonchev–Trinajstić information content (AvgIpc) is 0.758. The molecule has 0 aromatic rings. The van der Waals surface area contributed by atoms with Crippen LogP contribution in [0.1, 0.15) is 0 Å². The third-order valence-corrected chi connectivity index (χ3v) is 18.7. The molecular weight excluding hydrogens is 1630 g/mol. The molecule has 22 fully saturated rings. The van der Waals surface area contributed by atoms with Crippen LogP contribution < -0.4 is 0 Å². The molecule has 0 aromatic carbocycles. The molecule has 22 rings (SSSR count). The molecule has 0 spiro atoms. The molecule has 22 aliphatic rings. The van der Waals surface area contributed by atoms with E-state index in [1.54, 1.807) is 0 Å². The predicted molar refractivity (Wildman–Crippen MR) is 290 cm³/mol. The van der Waals surface area contributed by atoms with Gasteiger partial charge in [0.1, 0.15) is 116 Å². The van der Waals surface area contributed by atoms with Crippen LogP contribution >= 0.6 is 0 Å². The first kappa shape index (κ1) is 87.2. The van der Waals surface area contributed by atoms with Crippen molar-refractivity contribution >= 4 is 93.6 Å². The number of hydrogen-bond acceptors (Lipinski definition) is 48. The zero-order valence-corrected chi connectivity index (χ0v) is 56.6. The van der Waals surface area contributed by atoms with Crippen LogP contribution in [0.25, 0.3) is 0 Å². The van der Waals surface area contributed by atoms with Gasteiger partial charge in [-0.2, -0.15) is 75.8 Å². The predicted octanol–water partition coefficient (Wildman–Crippen LogP) is -14.6. The van der Waals surface area contributed by atoms with Crippen LogP contribution in [-0.4, -0.2) is 387 Å². The second-order valence-electron chi connectivity index (χ2n) is 21.3. The molecule has 30 atom stereocenters. The van der Waals surface area contributed by atoms with Gasteiger partial charge in [0.25, 0.3) is 0 Å². The Morgan fingerprint density at radius 1 is 0.196 bits per heavy atom.